The topological polar surface area (TPSA) is 78.8 Å². The summed E-state index contributed by atoms with van der Waals surface area (Å²) in [6.45, 7) is 8.51. The summed E-state index contributed by atoms with van der Waals surface area (Å²) in [5, 5.41) is 3.07. The van der Waals surface area contributed by atoms with Crippen LogP contribution in [0.2, 0.25) is 0 Å². The number of alkyl halides is 2. The van der Waals surface area contributed by atoms with E-state index in [2.05, 4.69) is 38.2 Å². The van der Waals surface area contributed by atoms with Crippen molar-refractivity contribution in [1.29, 1.82) is 0 Å². The summed E-state index contributed by atoms with van der Waals surface area (Å²) >= 11 is 0. The number of hydrogen-bond acceptors (Lipinski definition) is 7. The second kappa shape index (κ2) is 13.3. The number of benzene rings is 1. The van der Waals surface area contributed by atoms with Crippen molar-refractivity contribution in [3.05, 3.63) is 70.6 Å². The van der Waals surface area contributed by atoms with Gasteiger partial charge in [-0.2, -0.15) is 0 Å². The van der Waals surface area contributed by atoms with Gasteiger partial charge in [0.2, 0.25) is 12.4 Å². The van der Waals surface area contributed by atoms with Crippen LogP contribution in [-0.2, 0) is 13.1 Å². The number of carbonyl (C=O) groups excluding carboxylic acids is 1. The minimum atomic E-state index is -2.54. The molecule has 232 valence electrons. The molecule has 0 bridgehead atoms. The largest absolute Gasteiger partial charge is 0.491 e. The zero-order valence-corrected chi connectivity index (χ0v) is 25.2. The van der Waals surface area contributed by atoms with Crippen molar-refractivity contribution in [3.8, 4) is 5.75 Å². The zero-order valence-electron chi connectivity index (χ0n) is 25.2. The highest BCUT2D eigenvalue weighted by atomic mass is 19.3. The molecule has 0 radical (unpaired) electrons. The molecule has 1 saturated heterocycles. The second-order valence-electron chi connectivity index (χ2n) is 11.4. The standard InChI is InChI=1S/C31H40F3N7O2/c1-5-43-27-15-26(37-16-25(27)32)20(2)41-19-23(14-28(33)34)29-22(18-39-10-8-38(4)9-11-39)12-21(13-24(29)30(41)42)17-40-7-6-36-31(40)35-3/h6-7,12-13,15-16,20,23,28H,5,8-11,14,17-19H2,1-4H3,(H,35,36). The molecule has 12 heteroatoms. The van der Waals surface area contributed by atoms with E-state index < -0.39 is 24.2 Å². The van der Waals surface area contributed by atoms with E-state index in [0.717, 1.165) is 43.5 Å². The number of hydrogen-bond donors (Lipinski definition) is 1. The Kier molecular flexibility index (Phi) is 9.55. The molecule has 43 heavy (non-hydrogen) atoms. The molecule has 5 rings (SSSR count). The number of piperazine rings is 1. The lowest BCUT2D eigenvalue weighted by molar-refractivity contribution is 0.0590. The van der Waals surface area contributed by atoms with Crippen molar-refractivity contribution in [2.75, 3.05) is 58.7 Å². The molecular weight excluding hydrogens is 559 g/mol. The van der Waals surface area contributed by atoms with Gasteiger partial charge in [-0.25, -0.2) is 18.2 Å². The van der Waals surface area contributed by atoms with Gasteiger partial charge >= 0.3 is 0 Å². The van der Waals surface area contributed by atoms with Gasteiger partial charge in [-0.05, 0) is 43.7 Å². The predicted octanol–water partition coefficient (Wildman–Crippen LogP) is 4.61. The van der Waals surface area contributed by atoms with Crippen LogP contribution in [0.4, 0.5) is 19.1 Å². The molecular formula is C31H40F3N7O2. The summed E-state index contributed by atoms with van der Waals surface area (Å²) in [5.41, 5.74) is 3.37. The van der Waals surface area contributed by atoms with Crippen LogP contribution in [0.5, 0.6) is 5.75 Å². The number of carbonyl (C=O) groups is 1. The Morgan fingerprint density at radius 3 is 2.58 bits per heavy atom. The number of anilines is 1. The Hall–Kier alpha value is -3.64. The molecule has 2 aliphatic rings. The third kappa shape index (κ3) is 6.80. The van der Waals surface area contributed by atoms with Crippen LogP contribution < -0.4 is 10.1 Å². The number of ether oxygens (including phenoxy) is 1. The van der Waals surface area contributed by atoms with Gasteiger partial charge < -0.3 is 24.4 Å². The monoisotopic (exact) mass is 599 g/mol. The van der Waals surface area contributed by atoms with Crippen molar-refractivity contribution in [2.45, 2.75) is 51.7 Å². The molecule has 2 aliphatic heterocycles. The fourth-order valence-corrected chi connectivity index (χ4v) is 6.17. The first-order valence-corrected chi connectivity index (χ1v) is 14.8. The Bertz CT molecular complexity index is 1420. The van der Waals surface area contributed by atoms with E-state index in [1.165, 1.54) is 6.07 Å². The quantitative estimate of drug-likeness (QED) is 0.345. The maximum atomic E-state index is 14.3. The highest BCUT2D eigenvalue weighted by Crippen LogP contribution is 2.40. The number of rotatable bonds is 11. The fourth-order valence-electron chi connectivity index (χ4n) is 6.17. The third-order valence-corrected chi connectivity index (χ3v) is 8.42. The number of halogens is 3. The van der Waals surface area contributed by atoms with E-state index in [-0.39, 0.29) is 31.2 Å². The second-order valence-corrected chi connectivity index (χ2v) is 11.4. The Labute approximate surface area is 250 Å². The van der Waals surface area contributed by atoms with Crippen molar-refractivity contribution >= 4 is 11.9 Å². The number of aromatic nitrogens is 3. The summed E-state index contributed by atoms with van der Waals surface area (Å²) < 4.78 is 49.8. The highest BCUT2D eigenvalue weighted by Gasteiger charge is 2.38. The van der Waals surface area contributed by atoms with Crippen LogP contribution >= 0.6 is 0 Å². The first kappa shape index (κ1) is 30.8. The maximum absolute atomic E-state index is 14.3. The third-order valence-electron chi connectivity index (χ3n) is 8.42. The van der Waals surface area contributed by atoms with Crippen LogP contribution in [0.3, 0.4) is 0 Å². The first-order valence-electron chi connectivity index (χ1n) is 14.8. The van der Waals surface area contributed by atoms with Gasteiger partial charge in [0, 0.05) is 82.7 Å². The van der Waals surface area contributed by atoms with Crippen molar-refractivity contribution in [2.24, 2.45) is 0 Å². The minimum absolute atomic E-state index is 0.0470. The van der Waals surface area contributed by atoms with Gasteiger partial charge in [-0.15, -0.1) is 0 Å². The number of imidazole rings is 1. The average molecular weight is 600 g/mol. The van der Waals surface area contributed by atoms with Gasteiger partial charge in [0.15, 0.2) is 11.6 Å². The lowest BCUT2D eigenvalue weighted by atomic mass is 9.81. The highest BCUT2D eigenvalue weighted by molar-refractivity contribution is 5.98. The minimum Gasteiger partial charge on any atom is -0.491 e. The lowest BCUT2D eigenvalue weighted by Crippen LogP contribution is -2.45. The first-order chi connectivity index (χ1) is 20.7. The van der Waals surface area contributed by atoms with E-state index >= 15 is 0 Å². The number of likely N-dealkylation sites (N-methyl/N-ethyl adjacent to an activating group) is 1. The number of fused-ring (bicyclic) bond motifs is 1. The van der Waals surface area contributed by atoms with Crippen molar-refractivity contribution in [1.82, 2.24) is 29.2 Å². The lowest BCUT2D eigenvalue weighted by Gasteiger charge is -2.40. The van der Waals surface area contributed by atoms with E-state index in [4.69, 9.17) is 4.74 Å². The number of pyridine rings is 1. The van der Waals surface area contributed by atoms with Gasteiger partial charge in [-0.1, -0.05) is 6.07 Å². The SMILES string of the molecule is CCOc1cc(C(C)N2CC(CC(F)F)c3c(CN4CCN(C)CC4)cc(Cn4ccnc4NC)cc3C2=O)ncc1F. The van der Waals surface area contributed by atoms with Gasteiger partial charge in [0.05, 0.1) is 31.1 Å². The van der Waals surface area contributed by atoms with Gasteiger partial charge in [0.1, 0.15) is 0 Å². The van der Waals surface area contributed by atoms with Crippen LogP contribution in [0, 0.1) is 5.82 Å². The van der Waals surface area contributed by atoms with E-state index in [9.17, 15) is 18.0 Å². The molecule has 0 saturated carbocycles. The molecule has 2 unspecified atom stereocenters. The molecule has 1 amide bonds. The maximum Gasteiger partial charge on any atom is 0.254 e. The normalized spacial score (nSPS) is 18.7. The molecule has 3 aromatic rings. The molecule has 2 aromatic heterocycles. The smallest absolute Gasteiger partial charge is 0.254 e. The Morgan fingerprint density at radius 2 is 1.88 bits per heavy atom. The molecule has 2 atom stereocenters. The molecule has 9 nitrogen and oxygen atoms in total. The Morgan fingerprint density at radius 1 is 1.12 bits per heavy atom. The summed E-state index contributed by atoms with van der Waals surface area (Å²) in [6, 6.07) is 4.81. The predicted molar refractivity (Wildman–Crippen MR) is 158 cm³/mol. The van der Waals surface area contributed by atoms with Crippen molar-refractivity contribution < 1.29 is 22.7 Å². The molecule has 0 spiro atoms. The van der Waals surface area contributed by atoms with Crippen LogP contribution in [0.25, 0.3) is 0 Å². The molecule has 1 N–H and O–H groups in total. The fraction of sp³-hybridized carbons (Fsp3) is 0.516. The van der Waals surface area contributed by atoms with E-state index in [1.807, 2.05) is 16.8 Å². The van der Waals surface area contributed by atoms with E-state index in [1.54, 1.807) is 32.0 Å². The molecule has 1 aromatic carbocycles. The number of nitrogens with one attached hydrogen (secondary N) is 1. The van der Waals surface area contributed by atoms with E-state index in [0.29, 0.717) is 35.9 Å². The summed E-state index contributed by atoms with van der Waals surface area (Å²) in [6.07, 6.45) is 1.72. The molecule has 1 fully saturated rings. The summed E-state index contributed by atoms with van der Waals surface area (Å²) in [5.74, 6) is -0.686. The summed E-state index contributed by atoms with van der Waals surface area (Å²) in [7, 11) is 3.88. The molecule has 0 aliphatic carbocycles. The zero-order chi connectivity index (χ0) is 30.7. The van der Waals surface area contributed by atoms with Crippen molar-refractivity contribution in [3.63, 3.8) is 0 Å². The van der Waals surface area contributed by atoms with Gasteiger partial charge in [-0.3, -0.25) is 14.7 Å². The molecule has 4 heterocycles. The van der Waals surface area contributed by atoms with Gasteiger partial charge in [0.25, 0.3) is 5.91 Å². The van der Waals surface area contributed by atoms with Crippen LogP contribution in [-0.4, -0.2) is 95.0 Å². The average Bonchev–Trinajstić information content (AvgIpc) is 3.43. The number of amides is 1. The van der Waals surface area contributed by atoms with Crippen LogP contribution in [0.1, 0.15) is 65.0 Å². The Balaban J connectivity index is 1.57. The number of nitrogens with zero attached hydrogens (tertiary/aromatic N) is 6. The summed E-state index contributed by atoms with van der Waals surface area (Å²) in [4.78, 5) is 29.0. The van der Waals surface area contributed by atoms with Crippen LogP contribution in [0.15, 0.2) is 36.8 Å².